The lowest BCUT2D eigenvalue weighted by Gasteiger charge is -2.54. The van der Waals surface area contributed by atoms with Crippen LogP contribution in [0.15, 0.2) is 24.3 Å². The highest BCUT2D eigenvalue weighted by Crippen LogP contribution is 2.62. The number of allylic oxidation sites excluding steroid dienone is 3. The molecule has 0 aromatic carbocycles. The van der Waals surface area contributed by atoms with E-state index < -0.39 is 0 Å². The van der Waals surface area contributed by atoms with Gasteiger partial charge in [0.25, 0.3) is 0 Å². The first-order valence-corrected chi connectivity index (χ1v) is 9.46. The van der Waals surface area contributed by atoms with Crippen molar-refractivity contribution in [2.45, 2.75) is 72.1 Å². The molecule has 0 nitrogen and oxygen atoms in total. The first kappa shape index (κ1) is 15.4. The van der Waals surface area contributed by atoms with Gasteiger partial charge < -0.3 is 0 Å². The summed E-state index contributed by atoms with van der Waals surface area (Å²) in [6.45, 7) is 11.4. The molecule has 0 amide bonds. The Kier molecular flexibility index (Phi) is 4.35. The monoisotopic (exact) mass is 286 g/mol. The van der Waals surface area contributed by atoms with Crippen LogP contribution in [0.1, 0.15) is 72.1 Å². The van der Waals surface area contributed by atoms with Gasteiger partial charge in [-0.1, -0.05) is 44.9 Å². The van der Waals surface area contributed by atoms with Gasteiger partial charge in [0.2, 0.25) is 0 Å². The van der Waals surface area contributed by atoms with Gasteiger partial charge in [-0.2, -0.15) is 0 Å². The zero-order valence-electron chi connectivity index (χ0n) is 14.4. The summed E-state index contributed by atoms with van der Waals surface area (Å²) in [5.74, 6) is 4.84. The fourth-order valence-corrected chi connectivity index (χ4v) is 6.50. The second-order valence-corrected chi connectivity index (χ2v) is 8.14. The number of hydrogen-bond donors (Lipinski definition) is 0. The van der Waals surface area contributed by atoms with Crippen LogP contribution in [0, 0.1) is 35.0 Å². The molecule has 6 unspecified atom stereocenters. The second-order valence-electron chi connectivity index (χ2n) is 8.14. The lowest BCUT2D eigenvalue weighted by Crippen LogP contribution is -2.46. The summed E-state index contributed by atoms with van der Waals surface area (Å²) in [5, 5.41) is 0. The number of rotatable bonds is 4. The molecule has 3 aliphatic rings. The quantitative estimate of drug-likeness (QED) is 0.525. The van der Waals surface area contributed by atoms with Gasteiger partial charge >= 0.3 is 0 Å². The minimum atomic E-state index is 0.549. The van der Waals surface area contributed by atoms with E-state index in [4.69, 9.17) is 0 Å². The van der Waals surface area contributed by atoms with Crippen molar-refractivity contribution in [3.05, 3.63) is 24.3 Å². The van der Waals surface area contributed by atoms with Gasteiger partial charge in [-0.25, -0.2) is 0 Å². The van der Waals surface area contributed by atoms with Crippen LogP contribution in [0.2, 0.25) is 0 Å². The van der Waals surface area contributed by atoms with Crippen molar-refractivity contribution in [3.8, 4) is 0 Å². The molecule has 21 heavy (non-hydrogen) atoms. The third-order valence-corrected chi connectivity index (χ3v) is 7.60. The van der Waals surface area contributed by atoms with Crippen molar-refractivity contribution in [2.24, 2.45) is 35.0 Å². The molecular weight excluding hydrogens is 252 g/mol. The molecule has 0 bridgehead atoms. The van der Waals surface area contributed by atoms with Gasteiger partial charge in [0.1, 0.15) is 0 Å². The van der Waals surface area contributed by atoms with E-state index in [9.17, 15) is 0 Å². The molecule has 0 aliphatic heterocycles. The van der Waals surface area contributed by atoms with Gasteiger partial charge in [-0.3, -0.25) is 0 Å². The van der Waals surface area contributed by atoms with E-state index in [-0.39, 0.29) is 0 Å². The third kappa shape index (κ3) is 2.34. The Labute approximate surface area is 132 Å². The first-order chi connectivity index (χ1) is 10.2. The second kappa shape index (κ2) is 5.94. The highest BCUT2D eigenvalue weighted by Gasteiger charge is 2.53. The van der Waals surface area contributed by atoms with E-state index in [0.717, 1.165) is 29.6 Å². The maximum atomic E-state index is 4.06. The minimum absolute atomic E-state index is 0.549. The van der Waals surface area contributed by atoms with E-state index in [1.165, 1.54) is 51.4 Å². The van der Waals surface area contributed by atoms with Gasteiger partial charge in [0, 0.05) is 0 Å². The van der Waals surface area contributed by atoms with Crippen molar-refractivity contribution in [1.82, 2.24) is 0 Å². The summed E-state index contributed by atoms with van der Waals surface area (Å²) in [4.78, 5) is 0. The smallest absolute Gasteiger partial charge is 0.00825 e. The summed E-state index contributed by atoms with van der Waals surface area (Å²) in [7, 11) is 0. The summed E-state index contributed by atoms with van der Waals surface area (Å²) < 4.78 is 0. The van der Waals surface area contributed by atoms with Gasteiger partial charge in [-0.15, -0.1) is 6.58 Å². The highest BCUT2D eigenvalue weighted by molar-refractivity contribution is 5.24. The van der Waals surface area contributed by atoms with Crippen molar-refractivity contribution >= 4 is 0 Å². The van der Waals surface area contributed by atoms with E-state index in [1.54, 1.807) is 5.57 Å². The van der Waals surface area contributed by atoms with Crippen LogP contribution in [0.25, 0.3) is 0 Å². The molecule has 0 aromatic heterocycles. The minimum Gasteiger partial charge on any atom is -0.103 e. The average Bonchev–Trinajstić information content (AvgIpc) is 2.84. The fraction of sp³-hybridized carbons (Fsp3) is 0.810. The van der Waals surface area contributed by atoms with E-state index >= 15 is 0 Å². The Bertz CT molecular complexity index is 418. The summed E-state index contributed by atoms with van der Waals surface area (Å²) in [5.41, 5.74) is 2.33. The fourth-order valence-electron chi connectivity index (χ4n) is 6.50. The van der Waals surface area contributed by atoms with Crippen molar-refractivity contribution < 1.29 is 0 Å². The molecule has 0 N–H and O–H groups in total. The molecule has 3 aliphatic carbocycles. The van der Waals surface area contributed by atoms with E-state index in [2.05, 4.69) is 39.5 Å². The number of fused-ring (bicyclic) bond motifs is 3. The van der Waals surface area contributed by atoms with Crippen molar-refractivity contribution in [1.29, 1.82) is 0 Å². The number of hydrogen-bond acceptors (Lipinski definition) is 0. The van der Waals surface area contributed by atoms with Crippen LogP contribution < -0.4 is 0 Å². The molecule has 118 valence electrons. The Morgan fingerprint density at radius 1 is 1.24 bits per heavy atom. The molecule has 3 rings (SSSR count). The molecule has 2 fully saturated rings. The van der Waals surface area contributed by atoms with Crippen LogP contribution in [0.5, 0.6) is 0 Å². The maximum absolute atomic E-state index is 4.06. The zero-order chi connectivity index (χ0) is 15.0. The third-order valence-electron chi connectivity index (χ3n) is 7.60. The SMILES string of the molecule is C=CCC1C(CC)CCC2C1CCC1(C)C(CC)=CCC21. The summed E-state index contributed by atoms with van der Waals surface area (Å²) >= 11 is 0. The van der Waals surface area contributed by atoms with Crippen LogP contribution in [-0.4, -0.2) is 0 Å². The van der Waals surface area contributed by atoms with Crippen LogP contribution in [0.4, 0.5) is 0 Å². The van der Waals surface area contributed by atoms with Crippen LogP contribution >= 0.6 is 0 Å². The molecule has 0 heteroatoms. The molecule has 0 heterocycles. The average molecular weight is 287 g/mol. The molecule has 0 saturated heterocycles. The van der Waals surface area contributed by atoms with Crippen molar-refractivity contribution in [3.63, 3.8) is 0 Å². The normalized spacial score (nSPS) is 45.7. The predicted molar refractivity (Wildman–Crippen MR) is 92.1 cm³/mol. The highest BCUT2D eigenvalue weighted by atomic mass is 14.6. The van der Waals surface area contributed by atoms with E-state index in [0.29, 0.717) is 5.41 Å². The molecule has 2 saturated carbocycles. The summed E-state index contributed by atoms with van der Waals surface area (Å²) in [6, 6.07) is 0. The Hall–Kier alpha value is -0.520. The first-order valence-electron chi connectivity index (χ1n) is 9.46. The Morgan fingerprint density at radius 3 is 2.71 bits per heavy atom. The van der Waals surface area contributed by atoms with E-state index in [1.807, 2.05) is 0 Å². The molecule has 0 spiro atoms. The maximum Gasteiger partial charge on any atom is -0.00825 e. The molecule has 6 atom stereocenters. The molecule has 0 aromatic rings. The van der Waals surface area contributed by atoms with Gasteiger partial charge in [0.15, 0.2) is 0 Å². The van der Waals surface area contributed by atoms with Gasteiger partial charge in [0.05, 0.1) is 0 Å². The largest absolute Gasteiger partial charge is 0.103 e. The van der Waals surface area contributed by atoms with Crippen LogP contribution in [0.3, 0.4) is 0 Å². The Balaban J connectivity index is 1.83. The van der Waals surface area contributed by atoms with Gasteiger partial charge in [-0.05, 0) is 80.0 Å². The standard InChI is InChI=1S/C21H34/c1-5-8-17-15(6-2)9-11-19-18(17)13-14-21(4)16(7-3)10-12-20(19)21/h5,10,15,17-20H,1,6-9,11-14H2,2-4H3. The lowest BCUT2D eigenvalue weighted by molar-refractivity contribution is -0.0301. The van der Waals surface area contributed by atoms with Crippen molar-refractivity contribution in [2.75, 3.05) is 0 Å². The lowest BCUT2D eigenvalue weighted by atomic mass is 9.51. The molecule has 0 radical (unpaired) electrons. The predicted octanol–water partition coefficient (Wildman–Crippen LogP) is 6.39. The molecular formula is C21H34. The van der Waals surface area contributed by atoms with Crippen LogP contribution in [-0.2, 0) is 0 Å². The topological polar surface area (TPSA) is 0 Å². The summed E-state index contributed by atoms with van der Waals surface area (Å²) in [6.07, 6.45) is 16.0. The zero-order valence-corrected chi connectivity index (χ0v) is 14.4. The Morgan fingerprint density at radius 2 is 2.05 bits per heavy atom.